The molecular weight excluding hydrogens is 348 g/mol. The highest BCUT2D eigenvalue weighted by Crippen LogP contribution is 2.25. The summed E-state index contributed by atoms with van der Waals surface area (Å²) < 4.78 is 2.21. The average molecular weight is 372 g/mol. The van der Waals surface area contributed by atoms with Gasteiger partial charge in [-0.2, -0.15) is 0 Å². The fourth-order valence-electron chi connectivity index (χ4n) is 3.83. The van der Waals surface area contributed by atoms with Crippen LogP contribution in [-0.2, 0) is 6.54 Å². The van der Waals surface area contributed by atoms with Crippen molar-refractivity contribution in [3.05, 3.63) is 89.0 Å². The average Bonchev–Trinajstić information content (AvgIpc) is 3.26. The Morgan fingerprint density at radius 3 is 2.57 bits per heavy atom. The van der Waals surface area contributed by atoms with Crippen LogP contribution in [0.5, 0.6) is 0 Å². The summed E-state index contributed by atoms with van der Waals surface area (Å²) >= 11 is 0. The summed E-state index contributed by atoms with van der Waals surface area (Å²) in [4.78, 5) is 20.6. The Bertz CT molecular complexity index is 1090. The third-order valence-corrected chi connectivity index (χ3v) is 5.25. The van der Waals surface area contributed by atoms with E-state index in [-0.39, 0.29) is 11.9 Å². The molecule has 1 atom stereocenters. The predicted molar refractivity (Wildman–Crippen MR) is 111 cm³/mol. The van der Waals surface area contributed by atoms with Crippen LogP contribution in [0.2, 0.25) is 0 Å². The van der Waals surface area contributed by atoms with Crippen molar-refractivity contribution < 1.29 is 4.79 Å². The number of aromatic nitrogens is 3. The number of benzene rings is 2. The van der Waals surface area contributed by atoms with Gasteiger partial charge in [0.05, 0.1) is 29.2 Å². The SMILES string of the molecule is Cc1cc(C(=O)NCc2nc3ccccc3[nH]2)c(C)n1C(C)c1ccccc1. The number of fused-ring (bicyclic) bond motifs is 1. The van der Waals surface area contributed by atoms with Crippen molar-refractivity contribution in [1.82, 2.24) is 19.9 Å². The van der Waals surface area contributed by atoms with E-state index in [1.54, 1.807) is 0 Å². The second-order valence-corrected chi connectivity index (χ2v) is 7.12. The molecular formula is C23H24N4O. The summed E-state index contributed by atoms with van der Waals surface area (Å²) in [5.74, 6) is 0.668. The van der Waals surface area contributed by atoms with Gasteiger partial charge in [0.1, 0.15) is 5.82 Å². The van der Waals surface area contributed by atoms with Crippen LogP contribution in [0.15, 0.2) is 60.7 Å². The summed E-state index contributed by atoms with van der Waals surface area (Å²) in [6.07, 6.45) is 0. The van der Waals surface area contributed by atoms with Gasteiger partial charge < -0.3 is 14.9 Å². The van der Waals surface area contributed by atoms with E-state index in [9.17, 15) is 4.79 Å². The van der Waals surface area contributed by atoms with Crippen LogP contribution < -0.4 is 5.32 Å². The van der Waals surface area contributed by atoms with Crippen LogP contribution in [0.1, 0.15) is 46.1 Å². The quantitative estimate of drug-likeness (QED) is 0.541. The Kier molecular flexibility index (Phi) is 4.74. The molecule has 0 saturated heterocycles. The summed E-state index contributed by atoms with van der Waals surface area (Å²) in [5, 5.41) is 2.99. The minimum atomic E-state index is -0.0833. The molecule has 0 fully saturated rings. The molecule has 2 N–H and O–H groups in total. The fraction of sp³-hybridized carbons (Fsp3) is 0.217. The van der Waals surface area contributed by atoms with Crippen molar-refractivity contribution in [2.45, 2.75) is 33.4 Å². The molecule has 0 aliphatic rings. The van der Waals surface area contributed by atoms with Crippen molar-refractivity contribution in [2.75, 3.05) is 0 Å². The van der Waals surface area contributed by atoms with Crippen molar-refractivity contribution in [2.24, 2.45) is 0 Å². The summed E-state index contributed by atoms with van der Waals surface area (Å²) in [5.41, 5.74) is 5.84. The van der Waals surface area contributed by atoms with E-state index in [1.165, 1.54) is 5.56 Å². The molecule has 0 radical (unpaired) electrons. The highest BCUT2D eigenvalue weighted by atomic mass is 16.1. The molecule has 2 aromatic heterocycles. The zero-order valence-corrected chi connectivity index (χ0v) is 16.4. The van der Waals surface area contributed by atoms with Gasteiger partial charge in [0, 0.05) is 11.4 Å². The molecule has 0 saturated carbocycles. The van der Waals surface area contributed by atoms with Gasteiger partial charge in [0.25, 0.3) is 5.91 Å². The number of nitrogens with zero attached hydrogens (tertiary/aromatic N) is 2. The van der Waals surface area contributed by atoms with Crippen LogP contribution in [0, 0.1) is 13.8 Å². The second-order valence-electron chi connectivity index (χ2n) is 7.12. The van der Waals surface area contributed by atoms with E-state index >= 15 is 0 Å². The largest absolute Gasteiger partial charge is 0.345 e. The Morgan fingerprint density at radius 2 is 1.82 bits per heavy atom. The Hall–Kier alpha value is -3.34. The minimum absolute atomic E-state index is 0.0833. The first-order valence-corrected chi connectivity index (χ1v) is 9.50. The van der Waals surface area contributed by atoms with Gasteiger partial charge in [-0.1, -0.05) is 42.5 Å². The Balaban J connectivity index is 1.53. The van der Waals surface area contributed by atoms with Gasteiger partial charge in [0.15, 0.2) is 0 Å². The molecule has 1 unspecified atom stereocenters. The molecule has 0 bridgehead atoms. The number of amides is 1. The number of para-hydroxylation sites is 2. The molecule has 5 heteroatoms. The van der Waals surface area contributed by atoms with Crippen molar-refractivity contribution in [1.29, 1.82) is 0 Å². The maximum absolute atomic E-state index is 12.8. The first-order valence-electron chi connectivity index (χ1n) is 9.50. The normalized spacial score (nSPS) is 12.2. The number of hydrogen-bond acceptors (Lipinski definition) is 2. The Labute approximate surface area is 164 Å². The third kappa shape index (κ3) is 3.31. The van der Waals surface area contributed by atoms with E-state index in [0.29, 0.717) is 12.1 Å². The number of aromatic amines is 1. The lowest BCUT2D eigenvalue weighted by molar-refractivity contribution is 0.0949. The van der Waals surface area contributed by atoms with Gasteiger partial charge in [-0.3, -0.25) is 4.79 Å². The number of carbonyl (C=O) groups is 1. The van der Waals surface area contributed by atoms with Crippen molar-refractivity contribution in [3.63, 3.8) is 0 Å². The molecule has 0 spiro atoms. The van der Waals surface area contributed by atoms with Gasteiger partial charge in [-0.15, -0.1) is 0 Å². The topological polar surface area (TPSA) is 62.7 Å². The minimum Gasteiger partial charge on any atom is -0.345 e. The van der Waals surface area contributed by atoms with Gasteiger partial charge in [-0.25, -0.2) is 4.98 Å². The second kappa shape index (κ2) is 7.35. The van der Waals surface area contributed by atoms with E-state index in [0.717, 1.165) is 28.2 Å². The third-order valence-electron chi connectivity index (χ3n) is 5.25. The smallest absolute Gasteiger partial charge is 0.253 e. The molecule has 5 nitrogen and oxygen atoms in total. The highest BCUT2D eigenvalue weighted by molar-refractivity contribution is 5.95. The lowest BCUT2D eigenvalue weighted by Crippen LogP contribution is -2.24. The van der Waals surface area contributed by atoms with Crippen molar-refractivity contribution in [3.8, 4) is 0 Å². The van der Waals surface area contributed by atoms with Crippen LogP contribution >= 0.6 is 0 Å². The van der Waals surface area contributed by atoms with Gasteiger partial charge in [0.2, 0.25) is 0 Å². The Morgan fingerprint density at radius 1 is 1.11 bits per heavy atom. The molecule has 2 aromatic carbocycles. The number of carbonyl (C=O) groups excluding carboxylic acids is 1. The monoisotopic (exact) mass is 372 g/mol. The van der Waals surface area contributed by atoms with Crippen LogP contribution in [0.4, 0.5) is 0 Å². The van der Waals surface area contributed by atoms with Crippen LogP contribution in [-0.4, -0.2) is 20.4 Å². The molecule has 142 valence electrons. The van der Waals surface area contributed by atoms with Gasteiger partial charge in [-0.05, 0) is 44.5 Å². The van der Waals surface area contributed by atoms with Gasteiger partial charge >= 0.3 is 0 Å². The number of H-pyrrole nitrogens is 1. The van der Waals surface area contributed by atoms with E-state index in [2.05, 4.69) is 38.9 Å². The number of imidazole rings is 1. The van der Waals surface area contributed by atoms with E-state index < -0.39 is 0 Å². The van der Waals surface area contributed by atoms with E-state index in [1.807, 2.05) is 62.4 Å². The first kappa shape index (κ1) is 18.0. The predicted octanol–water partition coefficient (Wildman–Crippen LogP) is 4.52. The molecule has 0 aliphatic carbocycles. The van der Waals surface area contributed by atoms with E-state index in [4.69, 9.17) is 0 Å². The zero-order valence-electron chi connectivity index (χ0n) is 16.4. The van der Waals surface area contributed by atoms with Crippen molar-refractivity contribution >= 4 is 16.9 Å². The fourth-order valence-corrected chi connectivity index (χ4v) is 3.83. The molecule has 28 heavy (non-hydrogen) atoms. The number of nitrogens with one attached hydrogen (secondary N) is 2. The van der Waals surface area contributed by atoms with Crippen LogP contribution in [0.25, 0.3) is 11.0 Å². The summed E-state index contributed by atoms with van der Waals surface area (Å²) in [6.45, 7) is 6.57. The standard InChI is InChI=1S/C23H24N4O/c1-15-13-19(17(3)27(15)16(2)18-9-5-4-6-10-18)23(28)24-14-22-25-20-11-7-8-12-21(20)26-22/h4-13,16H,14H2,1-3H3,(H,24,28)(H,25,26). The zero-order chi connectivity index (χ0) is 19.7. The maximum atomic E-state index is 12.8. The molecule has 4 aromatic rings. The maximum Gasteiger partial charge on any atom is 0.253 e. The molecule has 0 aliphatic heterocycles. The lowest BCUT2D eigenvalue weighted by Gasteiger charge is -2.19. The number of hydrogen-bond donors (Lipinski definition) is 2. The summed E-state index contributed by atoms with van der Waals surface area (Å²) in [7, 11) is 0. The van der Waals surface area contributed by atoms with Crippen LogP contribution in [0.3, 0.4) is 0 Å². The number of aryl methyl sites for hydroxylation is 1. The molecule has 4 rings (SSSR count). The molecule has 2 heterocycles. The first-order chi connectivity index (χ1) is 13.5. The summed E-state index contributed by atoms with van der Waals surface area (Å²) in [6, 6.07) is 20.3. The molecule has 1 amide bonds. The lowest BCUT2D eigenvalue weighted by atomic mass is 10.1. The highest BCUT2D eigenvalue weighted by Gasteiger charge is 2.19. The number of rotatable bonds is 5.